The zero-order valence-corrected chi connectivity index (χ0v) is 7.37. The van der Waals surface area contributed by atoms with Crippen LogP contribution in [0.1, 0.15) is 15.9 Å². The molecule has 0 radical (unpaired) electrons. The van der Waals surface area contributed by atoms with Gasteiger partial charge in [-0.05, 0) is 12.1 Å². The predicted octanol–water partition coefficient (Wildman–Crippen LogP) is 0.211. The molecular weight excluding hydrogens is 168 g/mol. The molecular formula is C9H12N2O2. The number of carbonyl (C=O) groups excluding carboxylic acids is 1. The van der Waals surface area contributed by atoms with E-state index in [0.29, 0.717) is 11.1 Å². The lowest BCUT2D eigenvalue weighted by Gasteiger charge is -2.07. The quantitative estimate of drug-likeness (QED) is 0.609. The Bertz CT molecular complexity index is 323. The van der Waals surface area contributed by atoms with Crippen LogP contribution in [-0.4, -0.2) is 18.1 Å². The van der Waals surface area contributed by atoms with E-state index < -0.39 is 0 Å². The van der Waals surface area contributed by atoms with Crippen LogP contribution >= 0.6 is 0 Å². The lowest BCUT2D eigenvalue weighted by atomic mass is 10.1. The van der Waals surface area contributed by atoms with Gasteiger partial charge >= 0.3 is 0 Å². The minimum absolute atomic E-state index is 0.0589. The third-order valence-corrected chi connectivity index (χ3v) is 1.83. The molecule has 0 unspecified atom stereocenters. The maximum absolute atomic E-state index is 11.3. The molecule has 0 aromatic heterocycles. The number of carbonyl (C=O) groups is 1. The number of phenolic OH excluding ortho intramolecular Hbond substituents is 1. The van der Waals surface area contributed by atoms with E-state index in [2.05, 4.69) is 5.32 Å². The second kappa shape index (κ2) is 3.91. The molecule has 1 aromatic rings. The molecule has 0 atom stereocenters. The number of aromatic hydroxyl groups is 1. The number of phenols is 1. The van der Waals surface area contributed by atoms with Gasteiger partial charge in [0.15, 0.2) is 0 Å². The first-order chi connectivity index (χ1) is 6.20. The van der Waals surface area contributed by atoms with Crippen LogP contribution in [0, 0.1) is 0 Å². The second-order valence-electron chi connectivity index (χ2n) is 2.59. The van der Waals surface area contributed by atoms with Gasteiger partial charge < -0.3 is 16.2 Å². The molecule has 0 saturated heterocycles. The number of benzene rings is 1. The van der Waals surface area contributed by atoms with Crippen molar-refractivity contribution in [3.8, 4) is 5.75 Å². The summed E-state index contributed by atoms with van der Waals surface area (Å²) in [6.07, 6.45) is 0. The third-order valence-electron chi connectivity index (χ3n) is 1.83. The number of rotatable bonds is 2. The maximum atomic E-state index is 11.3. The van der Waals surface area contributed by atoms with Crippen molar-refractivity contribution in [3.05, 3.63) is 29.3 Å². The zero-order valence-electron chi connectivity index (χ0n) is 7.37. The van der Waals surface area contributed by atoms with Crippen LogP contribution in [0.15, 0.2) is 18.2 Å². The molecule has 1 aromatic carbocycles. The fraction of sp³-hybridized carbons (Fsp3) is 0.222. The van der Waals surface area contributed by atoms with E-state index in [1.807, 2.05) is 0 Å². The Kier molecular flexibility index (Phi) is 2.87. The Labute approximate surface area is 76.4 Å². The van der Waals surface area contributed by atoms with E-state index in [1.165, 1.54) is 13.1 Å². The highest BCUT2D eigenvalue weighted by Gasteiger charge is 2.11. The van der Waals surface area contributed by atoms with Crippen molar-refractivity contribution in [2.75, 3.05) is 7.05 Å². The van der Waals surface area contributed by atoms with E-state index in [4.69, 9.17) is 5.73 Å². The summed E-state index contributed by atoms with van der Waals surface area (Å²) in [6.45, 7) is 0.148. The molecule has 4 N–H and O–H groups in total. The molecule has 0 heterocycles. The number of hydrogen-bond acceptors (Lipinski definition) is 3. The van der Waals surface area contributed by atoms with E-state index in [-0.39, 0.29) is 18.2 Å². The lowest BCUT2D eigenvalue weighted by Crippen LogP contribution is -2.20. The van der Waals surface area contributed by atoms with E-state index in [0.717, 1.165) is 0 Å². The van der Waals surface area contributed by atoms with Gasteiger partial charge in [-0.25, -0.2) is 0 Å². The minimum atomic E-state index is -0.239. The van der Waals surface area contributed by atoms with Crippen LogP contribution in [0.4, 0.5) is 0 Å². The van der Waals surface area contributed by atoms with Crippen LogP contribution in [-0.2, 0) is 6.54 Å². The largest absolute Gasteiger partial charge is 0.508 e. The summed E-state index contributed by atoms with van der Waals surface area (Å²) in [5.41, 5.74) is 6.30. The number of nitrogens with one attached hydrogen (secondary N) is 1. The fourth-order valence-corrected chi connectivity index (χ4v) is 1.14. The molecule has 0 saturated carbocycles. The summed E-state index contributed by atoms with van der Waals surface area (Å²) in [4.78, 5) is 11.3. The van der Waals surface area contributed by atoms with Gasteiger partial charge in [-0.2, -0.15) is 0 Å². The van der Waals surface area contributed by atoms with Crippen LogP contribution < -0.4 is 11.1 Å². The van der Waals surface area contributed by atoms with Crippen molar-refractivity contribution in [2.24, 2.45) is 5.73 Å². The summed E-state index contributed by atoms with van der Waals surface area (Å²) in [6, 6.07) is 4.74. The first kappa shape index (κ1) is 9.54. The molecule has 0 spiro atoms. The molecule has 4 nitrogen and oxygen atoms in total. The molecule has 4 heteroatoms. The van der Waals surface area contributed by atoms with Crippen molar-refractivity contribution in [1.29, 1.82) is 0 Å². The predicted molar refractivity (Wildman–Crippen MR) is 49.4 cm³/mol. The van der Waals surface area contributed by atoms with Gasteiger partial charge in [-0.1, -0.05) is 6.07 Å². The SMILES string of the molecule is CNC(=O)c1cccc(O)c1CN. The fourth-order valence-electron chi connectivity index (χ4n) is 1.14. The van der Waals surface area contributed by atoms with Crippen molar-refractivity contribution in [1.82, 2.24) is 5.32 Å². The summed E-state index contributed by atoms with van der Waals surface area (Å²) < 4.78 is 0. The standard InChI is InChI=1S/C9H12N2O2/c1-11-9(13)6-3-2-4-8(12)7(6)5-10/h2-4,12H,5,10H2,1H3,(H,11,13). The number of amides is 1. The van der Waals surface area contributed by atoms with Gasteiger partial charge in [0, 0.05) is 24.7 Å². The highest BCUT2D eigenvalue weighted by atomic mass is 16.3. The average molecular weight is 180 g/mol. The second-order valence-corrected chi connectivity index (χ2v) is 2.59. The van der Waals surface area contributed by atoms with Gasteiger partial charge in [-0.15, -0.1) is 0 Å². The van der Waals surface area contributed by atoms with Gasteiger partial charge in [0.05, 0.1) is 0 Å². The van der Waals surface area contributed by atoms with E-state index in [1.54, 1.807) is 12.1 Å². The van der Waals surface area contributed by atoms with Gasteiger partial charge in [-0.3, -0.25) is 4.79 Å². The van der Waals surface area contributed by atoms with E-state index in [9.17, 15) is 9.90 Å². The topological polar surface area (TPSA) is 75.3 Å². The highest BCUT2D eigenvalue weighted by Crippen LogP contribution is 2.19. The van der Waals surface area contributed by atoms with Crippen molar-refractivity contribution >= 4 is 5.91 Å². The Morgan fingerprint density at radius 2 is 2.31 bits per heavy atom. The van der Waals surface area contributed by atoms with Crippen LogP contribution in [0.3, 0.4) is 0 Å². The molecule has 0 aliphatic rings. The Hall–Kier alpha value is -1.55. The van der Waals surface area contributed by atoms with Gasteiger partial charge in [0.1, 0.15) is 5.75 Å². The molecule has 0 fully saturated rings. The van der Waals surface area contributed by atoms with E-state index >= 15 is 0 Å². The summed E-state index contributed by atoms with van der Waals surface area (Å²) in [7, 11) is 1.53. The first-order valence-corrected chi connectivity index (χ1v) is 3.93. The van der Waals surface area contributed by atoms with Crippen molar-refractivity contribution < 1.29 is 9.90 Å². The minimum Gasteiger partial charge on any atom is -0.508 e. The maximum Gasteiger partial charge on any atom is 0.251 e. The molecule has 13 heavy (non-hydrogen) atoms. The molecule has 70 valence electrons. The normalized spacial score (nSPS) is 9.69. The summed E-state index contributed by atoms with van der Waals surface area (Å²) in [5, 5.41) is 11.9. The average Bonchev–Trinajstić information content (AvgIpc) is 2.16. The molecule has 1 amide bonds. The summed E-state index contributed by atoms with van der Waals surface area (Å²) in [5.74, 6) is -0.181. The molecule has 0 bridgehead atoms. The van der Waals surface area contributed by atoms with Crippen molar-refractivity contribution in [2.45, 2.75) is 6.54 Å². The Morgan fingerprint density at radius 1 is 1.62 bits per heavy atom. The summed E-state index contributed by atoms with van der Waals surface area (Å²) >= 11 is 0. The monoisotopic (exact) mass is 180 g/mol. The third kappa shape index (κ3) is 1.78. The smallest absolute Gasteiger partial charge is 0.251 e. The lowest BCUT2D eigenvalue weighted by molar-refractivity contribution is 0.0961. The van der Waals surface area contributed by atoms with Crippen LogP contribution in [0.25, 0.3) is 0 Å². The zero-order chi connectivity index (χ0) is 9.84. The number of nitrogens with two attached hydrogens (primary N) is 1. The Morgan fingerprint density at radius 3 is 2.85 bits per heavy atom. The van der Waals surface area contributed by atoms with Crippen LogP contribution in [0.5, 0.6) is 5.75 Å². The van der Waals surface area contributed by atoms with Gasteiger partial charge in [0.25, 0.3) is 5.91 Å². The Balaban J connectivity index is 3.20. The highest BCUT2D eigenvalue weighted by molar-refractivity contribution is 5.96. The molecule has 0 aliphatic heterocycles. The van der Waals surface area contributed by atoms with Crippen molar-refractivity contribution in [3.63, 3.8) is 0 Å². The molecule has 0 aliphatic carbocycles. The molecule has 1 rings (SSSR count). The van der Waals surface area contributed by atoms with Gasteiger partial charge in [0.2, 0.25) is 0 Å². The number of hydrogen-bond donors (Lipinski definition) is 3. The first-order valence-electron chi connectivity index (χ1n) is 3.93. The van der Waals surface area contributed by atoms with Crippen LogP contribution in [0.2, 0.25) is 0 Å².